The third-order valence-corrected chi connectivity index (χ3v) is 3.15. The van der Waals surface area contributed by atoms with E-state index in [0.717, 1.165) is 0 Å². The number of aliphatic imine (C=N–C) groups is 1. The van der Waals surface area contributed by atoms with Gasteiger partial charge in [-0.15, -0.1) is 0 Å². The fraction of sp³-hybridized carbons (Fsp3) is 0. The van der Waals surface area contributed by atoms with Crippen molar-refractivity contribution in [2.45, 2.75) is 0 Å². The average Bonchev–Trinajstić information content (AvgIpc) is 2.41. The van der Waals surface area contributed by atoms with Gasteiger partial charge in [0.15, 0.2) is 0 Å². The highest BCUT2D eigenvalue weighted by Gasteiger charge is 2.10. The topological polar surface area (TPSA) is 78.6 Å². The van der Waals surface area contributed by atoms with E-state index in [1.165, 1.54) is 18.3 Å². The predicted octanol–water partition coefficient (Wildman–Crippen LogP) is 3.83. The lowest BCUT2D eigenvalue weighted by Crippen LogP contribution is -2.02. The van der Waals surface area contributed by atoms with Crippen LogP contribution in [-0.2, 0) is 0 Å². The first kappa shape index (κ1) is 14.5. The summed E-state index contributed by atoms with van der Waals surface area (Å²) in [6.07, 6.45) is 1.29. The Balaban J connectivity index is 2.38. The largest absolute Gasteiger partial charge is 0.867 e. The van der Waals surface area contributed by atoms with Gasteiger partial charge >= 0.3 is 0 Å². The summed E-state index contributed by atoms with van der Waals surface area (Å²) in [5.74, 6) is -0.670. The van der Waals surface area contributed by atoms with Crippen LogP contribution in [0.3, 0.4) is 0 Å². The van der Waals surface area contributed by atoms with E-state index in [1.54, 1.807) is 24.3 Å². The third-order valence-electron chi connectivity index (χ3n) is 2.44. The fourth-order valence-corrected chi connectivity index (χ4v) is 2.09. The van der Waals surface area contributed by atoms with Crippen LogP contribution in [0.5, 0.6) is 5.75 Å². The molecular weight excluding hydrogens is 348 g/mol. The van der Waals surface area contributed by atoms with Crippen molar-refractivity contribution in [3.63, 3.8) is 0 Å². The maximum absolute atomic E-state index is 11.9. The molecular formula is C13H7BrClN2O3-. The second-order valence-corrected chi connectivity index (χ2v) is 5.19. The summed E-state index contributed by atoms with van der Waals surface area (Å²) in [7, 11) is 0. The molecule has 7 heteroatoms. The molecule has 20 heavy (non-hydrogen) atoms. The number of rotatable bonds is 3. The van der Waals surface area contributed by atoms with Crippen LogP contribution >= 0.6 is 27.5 Å². The zero-order chi connectivity index (χ0) is 14.7. The van der Waals surface area contributed by atoms with Crippen molar-refractivity contribution in [2.24, 2.45) is 4.99 Å². The molecule has 0 aromatic heterocycles. The van der Waals surface area contributed by atoms with Gasteiger partial charge in [-0.3, -0.25) is 15.1 Å². The first-order valence-corrected chi connectivity index (χ1v) is 6.59. The Morgan fingerprint density at radius 1 is 1.25 bits per heavy atom. The maximum Gasteiger partial charge on any atom is 0.263 e. The molecule has 0 aliphatic heterocycles. The zero-order valence-corrected chi connectivity index (χ0v) is 12.3. The van der Waals surface area contributed by atoms with Crippen molar-refractivity contribution >= 4 is 45.1 Å². The van der Waals surface area contributed by atoms with Crippen molar-refractivity contribution in [3.8, 4) is 5.75 Å². The monoisotopic (exact) mass is 353 g/mol. The molecule has 0 aliphatic carbocycles. The highest BCUT2D eigenvalue weighted by atomic mass is 79.9. The summed E-state index contributed by atoms with van der Waals surface area (Å²) >= 11 is 8.88. The molecule has 0 bridgehead atoms. The maximum atomic E-state index is 11.9. The second kappa shape index (κ2) is 6.02. The van der Waals surface area contributed by atoms with Crippen LogP contribution in [0.25, 0.3) is 0 Å². The molecule has 0 fully saturated rings. The van der Waals surface area contributed by atoms with E-state index in [9.17, 15) is 15.2 Å². The average molecular weight is 355 g/mol. The Hall–Kier alpha value is -1.92. The minimum Gasteiger partial charge on any atom is -0.867 e. The summed E-state index contributed by atoms with van der Waals surface area (Å²) in [6, 6.07) is 9.33. The number of hydrogen-bond donors (Lipinski definition) is 0. The van der Waals surface area contributed by atoms with Gasteiger partial charge in [-0.05, 0) is 41.6 Å². The molecule has 2 aromatic carbocycles. The Morgan fingerprint density at radius 2 is 1.90 bits per heavy atom. The molecule has 0 amide bonds. The van der Waals surface area contributed by atoms with Gasteiger partial charge in [0.1, 0.15) is 0 Å². The van der Waals surface area contributed by atoms with E-state index in [4.69, 9.17) is 11.6 Å². The van der Waals surface area contributed by atoms with Crippen LogP contribution in [-0.4, -0.2) is 11.1 Å². The minimum atomic E-state index is -0.716. The molecule has 5 nitrogen and oxygen atoms in total. The number of hydrogen-bond acceptors (Lipinski definition) is 4. The van der Waals surface area contributed by atoms with E-state index >= 15 is 0 Å². The molecule has 2 rings (SSSR count). The number of halogens is 2. The molecule has 0 radical (unpaired) electrons. The Labute approximate surface area is 127 Å². The van der Waals surface area contributed by atoms with E-state index in [-0.39, 0.29) is 5.56 Å². The van der Waals surface area contributed by atoms with Crippen LogP contribution in [0, 0.1) is 10.1 Å². The van der Waals surface area contributed by atoms with E-state index in [0.29, 0.717) is 15.2 Å². The number of nitro benzene ring substituents is 1. The van der Waals surface area contributed by atoms with Crippen LogP contribution in [0.2, 0.25) is 5.02 Å². The van der Waals surface area contributed by atoms with Gasteiger partial charge < -0.3 is 5.11 Å². The van der Waals surface area contributed by atoms with Gasteiger partial charge in [-0.25, -0.2) is 0 Å². The van der Waals surface area contributed by atoms with Crippen molar-refractivity contribution in [1.29, 1.82) is 0 Å². The molecule has 0 atom stereocenters. The summed E-state index contributed by atoms with van der Waals surface area (Å²) < 4.78 is 0.446. The van der Waals surface area contributed by atoms with E-state index in [2.05, 4.69) is 20.9 Å². The number of nitrogens with zero attached hydrogens (tertiary/aromatic N) is 2. The SMILES string of the molecule is O=[N+]([O-])c1cc(Br)cc(C=Nc2ccc(Cl)cc2)c1[O-]. The molecule has 0 heterocycles. The highest BCUT2D eigenvalue weighted by Crippen LogP contribution is 2.30. The van der Waals surface area contributed by atoms with Gasteiger partial charge in [0.2, 0.25) is 0 Å². The normalized spacial score (nSPS) is 10.9. The summed E-state index contributed by atoms with van der Waals surface area (Å²) in [4.78, 5) is 14.1. The van der Waals surface area contributed by atoms with Crippen LogP contribution in [0.15, 0.2) is 45.9 Å². The van der Waals surface area contributed by atoms with Gasteiger partial charge in [0.05, 0.1) is 10.6 Å². The van der Waals surface area contributed by atoms with E-state index < -0.39 is 16.4 Å². The minimum absolute atomic E-state index is 0.140. The molecule has 0 saturated carbocycles. The van der Waals surface area contributed by atoms with Crippen molar-refractivity contribution in [1.82, 2.24) is 0 Å². The van der Waals surface area contributed by atoms with Crippen LogP contribution in [0.1, 0.15) is 5.56 Å². The molecule has 0 aliphatic rings. The fourth-order valence-electron chi connectivity index (χ4n) is 1.50. The zero-order valence-electron chi connectivity index (χ0n) is 9.92. The molecule has 0 unspecified atom stereocenters. The predicted molar refractivity (Wildman–Crippen MR) is 78.9 cm³/mol. The Bertz CT molecular complexity index is 687. The quantitative estimate of drug-likeness (QED) is 0.477. The van der Waals surface area contributed by atoms with Gasteiger partial charge in [0, 0.05) is 21.8 Å². The molecule has 0 spiro atoms. The van der Waals surface area contributed by atoms with Crippen LogP contribution < -0.4 is 5.11 Å². The Morgan fingerprint density at radius 3 is 2.50 bits per heavy atom. The van der Waals surface area contributed by atoms with Crippen molar-refractivity contribution in [3.05, 3.63) is 61.6 Å². The standard InChI is InChI=1S/C13H8BrClN2O3/c14-9-5-8(13(18)12(6-9)17(19)20)7-16-11-3-1-10(15)2-4-11/h1-7,18H/p-1. The molecule has 0 saturated heterocycles. The lowest BCUT2D eigenvalue weighted by Gasteiger charge is -2.10. The number of nitro groups is 1. The summed E-state index contributed by atoms with van der Waals surface area (Å²) in [6.45, 7) is 0. The Kier molecular flexibility index (Phi) is 4.36. The summed E-state index contributed by atoms with van der Waals surface area (Å²) in [5, 5.41) is 23.2. The van der Waals surface area contributed by atoms with Gasteiger partial charge in [-0.1, -0.05) is 27.5 Å². The van der Waals surface area contributed by atoms with Crippen molar-refractivity contribution in [2.75, 3.05) is 0 Å². The third kappa shape index (κ3) is 3.34. The molecule has 0 N–H and O–H groups in total. The number of benzene rings is 2. The molecule has 2 aromatic rings. The molecule has 102 valence electrons. The first-order chi connectivity index (χ1) is 9.47. The highest BCUT2D eigenvalue weighted by molar-refractivity contribution is 9.10. The first-order valence-electron chi connectivity index (χ1n) is 5.42. The lowest BCUT2D eigenvalue weighted by atomic mass is 10.2. The van der Waals surface area contributed by atoms with Gasteiger partial charge in [0.25, 0.3) is 5.69 Å². The lowest BCUT2D eigenvalue weighted by molar-refractivity contribution is -0.398. The summed E-state index contributed by atoms with van der Waals surface area (Å²) in [5.41, 5.74) is 0.245. The second-order valence-electron chi connectivity index (χ2n) is 3.83. The smallest absolute Gasteiger partial charge is 0.263 e. The van der Waals surface area contributed by atoms with E-state index in [1.807, 2.05) is 0 Å². The van der Waals surface area contributed by atoms with Crippen LogP contribution in [0.4, 0.5) is 11.4 Å². The van der Waals surface area contributed by atoms with Gasteiger partial charge in [-0.2, -0.15) is 0 Å². The van der Waals surface area contributed by atoms with Crippen molar-refractivity contribution < 1.29 is 10.0 Å².